The van der Waals surface area contributed by atoms with Gasteiger partial charge in [-0.05, 0) is 25.5 Å². The lowest BCUT2D eigenvalue weighted by Crippen LogP contribution is -2.32. The first-order chi connectivity index (χ1) is 9.49. The van der Waals surface area contributed by atoms with Gasteiger partial charge in [0.05, 0.1) is 11.0 Å². The summed E-state index contributed by atoms with van der Waals surface area (Å²) in [5, 5.41) is 13.6. The van der Waals surface area contributed by atoms with Crippen LogP contribution in [0.4, 0.5) is 11.4 Å². The van der Waals surface area contributed by atoms with E-state index in [2.05, 4.69) is 5.32 Å². The van der Waals surface area contributed by atoms with Crippen LogP contribution < -0.4 is 11.1 Å². The van der Waals surface area contributed by atoms with E-state index in [1.54, 1.807) is 0 Å². The minimum Gasteiger partial charge on any atom is -0.399 e. The Morgan fingerprint density at radius 3 is 2.95 bits per heavy atom. The van der Waals surface area contributed by atoms with Crippen molar-refractivity contribution in [1.29, 1.82) is 0 Å². The molecular weight excluding hydrogens is 262 g/mol. The van der Waals surface area contributed by atoms with Crippen LogP contribution in [0.3, 0.4) is 0 Å². The molecule has 1 heterocycles. The first-order valence-corrected chi connectivity index (χ1v) is 6.42. The molecule has 1 saturated heterocycles. The summed E-state index contributed by atoms with van der Waals surface area (Å²) in [6, 6.07) is 3.97. The largest absolute Gasteiger partial charge is 0.399 e. The average Bonchev–Trinajstić information content (AvgIpc) is 2.81. The monoisotopic (exact) mass is 279 g/mol. The maximum atomic E-state index is 12.1. The summed E-state index contributed by atoms with van der Waals surface area (Å²) in [5.41, 5.74) is 5.65. The maximum absolute atomic E-state index is 12.1. The number of rotatable bonds is 4. The number of carbonyl (C=O) groups is 1. The zero-order valence-electron chi connectivity index (χ0n) is 11.2. The van der Waals surface area contributed by atoms with Crippen molar-refractivity contribution in [3.63, 3.8) is 0 Å². The molecule has 108 valence electrons. The number of hydrogen-bond donors (Lipinski definition) is 2. The van der Waals surface area contributed by atoms with E-state index in [0.717, 1.165) is 6.42 Å². The Morgan fingerprint density at radius 1 is 1.60 bits per heavy atom. The van der Waals surface area contributed by atoms with Gasteiger partial charge in [0, 0.05) is 30.8 Å². The summed E-state index contributed by atoms with van der Waals surface area (Å²) in [5.74, 6) is -0.248. The van der Waals surface area contributed by atoms with Gasteiger partial charge in [-0.3, -0.25) is 14.9 Å². The van der Waals surface area contributed by atoms with E-state index in [4.69, 9.17) is 10.5 Å². The third-order valence-corrected chi connectivity index (χ3v) is 3.52. The van der Waals surface area contributed by atoms with Gasteiger partial charge in [-0.15, -0.1) is 0 Å². The average molecular weight is 279 g/mol. The number of nitro benzene ring substituents is 1. The molecule has 1 aromatic rings. The van der Waals surface area contributed by atoms with Gasteiger partial charge in [0.25, 0.3) is 11.6 Å². The molecule has 0 aromatic heterocycles. The van der Waals surface area contributed by atoms with Crippen LogP contribution >= 0.6 is 0 Å². The molecule has 0 radical (unpaired) electrons. The Kier molecular flexibility index (Phi) is 4.19. The number of nitrogens with zero attached hydrogens (tertiary/aromatic N) is 1. The lowest BCUT2D eigenvalue weighted by Gasteiger charge is -2.14. The number of nitrogens with two attached hydrogens (primary N) is 1. The molecule has 0 aliphatic carbocycles. The Balaban J connectivity index is 2.08. The second-order valence-electron chi connectivity index (χ2n) is 4.87. The predicted octanol–water partition coefficient (Wildman–Crippen LogP) is 1.33. The fourth-order valence-electron chi connectivity index (χ4n) is 2.26. The molecule has 1 fully saturated rings. The van der Waals surface area contributed by atoms with Gasteiger partial charge in [-0.1, -0.05) is 0 Å². The summed E-state index contributed by atoms with van der Waals surface area (Å²) in [4.78, 5) is 22.4. The first kappa shape index (κ1) is 14.3. The highest BCUT2D eigenvalue weighted by Gasteiger charge is 2.26. The summed E-state index contributed by atoms with van der Waals surface area (Å²) in [6.07, 6.45) is 0.964. The maximum Gasteiger partial charge on any atom is 0.282 e. The van der Waals surface area contributed by atoms with Crippen LogP contribution in [0.2, 0.25) is 0 Å². The van der Waals surface area contributed by atoms with Crippen molar-refractivity contribution in [2.45, 2.75) is 19.4 Å². The van der Waals surface area contributed by atoms with E-state index in [-0.39, 0.29) is 23.3 Å². The highest BCUT2D eigenvalue weighted by molar-refractivity contribution is 5.99. The standard InChI is InChI=1S/C13H17N3O4/c1-8-9(4-5-20-8)7-15-13(17)11-6-10(14)2-3-12(11)16(18)19/h2-3,6,8-9H,4-5,7,14H2,1H3,(H,15,17). The quantitative estimate of drug-likeness (QED) is 0.491. The van der Waals surface area contributed by atoms with Crippen LogP contribution in [-0.4, -0.2) is 30.1 Å². The van der Waals surface area contributed by atoms with Gasteiger partial charge in [0.1, 0.15) is 5.56 Å². The molecule has 0 bridgehead atoms. The van der Waals surface area contributed by atoms with Crippen LogP contribution in [0.25, 0.3) is 0 Å². The van der Waals surface area contributed by atoms with Crippen LogP contribution in [0.15, 0.2) is 18.2 Å². The minimum absolute atomic E-state index is 0.0124. The van der Waals surface area contributed by atoms with Crippen LogP contribution in [-0.2, 0) is 4.74 Å². The zero-order valence-corrected chi connectivity index (χ0v) is 11.2. The Bertz CT molecular complexity index is 532. The van der Waals surface area contributed by atoms with Gasteiger partial charge in [-0.25, -0.2) is 0 Å². The van der Waals surface area contributed by atoms with Gasteiger partial charge in [0.15, 0.2) is 0 Å². The fraction of sp³-hybridized carbons (Fsp3) is 0.462. The molecule has 1 aliphatic heterocycles. The summed E-state index contributed by atoms with van der Waals surface area (Å²) >= 11 is 0. The van der Waals surface area contributed by atoms with Crippen molar-refractivity contribution in [1.82, 2.24) is 5.32 Å². The Labute approximate surface area is 116 Å². The number of ether oxygens (including phenoxy) is 1. The van der Waals surface area contributed by atoms with Gasteiger partial charge in [0.2, 0.25) is 0 Å². The van der Waals surface area contributed by atoms with E-state index >= 15 is 0 Å². The van der Waals surface area contributed by atoms with E-state index in [9.17, 15) is 14.9 Å². The number of anilines is 1. The van der Waals surface area contributed by atoms with Crippen molar-refractivity contribution in [3.05, 3.63) is 33.9 Å². The molecular formula is C13H17N3O4. The number of carbonyl (C=O) groups excluding carboxylic acids is 1. The van der Waals surface area contributed by atoms with Gasteiger partial charge < -0.3 is 15.8 Å². The van der Waals surface area contributed by atoms with Crippen molar-refractivity contribution in [3.8, 4) is 0 Å². The molecule has 2 unspecified atom stereocenters. The predicted molar refractivity (Wildman–Crippen MR) is 73.4 cm³/mol. The molecule has 7 heteroatoms. The second kappa shape index (κ2) is 5.87. The number of amides is 1. The highest BCUT2D eigenvalue weighted by atomic mass is 16.6. The van der Waals surface area contributed by atoms with Crippen molar-refractivity contribution in [2.24, 2.45) is 5.92 Å². The number of nitrogens with one attached hydrogen (secondary N) is 1. The Morgan fingerprint density at radius 2 is 2.35 bits per heavy atom. The van der Waals surface area contributed by atoms with Crippen molar-refractivity contribution >= 4 is 17.3 Å². The molecule has 2 rings (SSSR count). The number of nitrogen functional groups attached to an aromatic ring is 1. The minimum atomic E-state index is -0.588. The Hall–Kier alpha value is -2.15. The van der Waals surface area contributed by atoms with Crippen LogP contribution in [0, 0.1) is 16.0 Å². The lowest BCUT2D eigenvalue weighted by atomic mass is 10.0. The van der Waals surface area contributed by atoms with E-state index in [0.29, 0.717) is 18.8 Å². The molecule has 2 atom stereocenters. The molecule has 1 aromatic carbocycles. The third-order valence-electron chi connectivity index (χ3n) is 3.52. The highest BCUT2D eigenvalue weighted by Crippen LogP contribution is 2.22. The van der Waals surface area contributed by atoms with E-state index in [1.165, 1.54) is 18.2 Å². The number of nitro groups is 1. The number of benzene rings is 1. The van der Waals surface area contributed by atoms with Crippen LogP contribution in [0.5, 0.6) is 0 Å². The smallest absolute Gasteiger partial charge is 0.282 e. The molecule has 7 nitrogen and oxygen atoms in total. The molecule has 1 amide bonds. The lowest BCUT2D eigenvalue weighted by molar-refractivity contribution is -0.385. The van der Waals surface area contributed by atoms with Gasteiger partial charge in [-0.2, -0.15) is 0 Å². The van der Waals surface area contributed by atoms with Crippen molar-refractivity contribution in [2.75, 3.05) is 18.9 Å². The molecule has 0 spiro atoms. The first-order valence-electron chi connectivity index (χ1n) is 6.42. The molecule has 3 N–H and O–H groups in total. The molecule has 1 aliphatic rings. The molecule has 0 saturated carbocycles. The summed E-state index contributed by atoms with van der Waals surface area (Å²) < 4.78 is 5.40. The van der Waals surface area contributed by atoms with Crippen LogP contribution in [0.1, 0.15) is 23.7 Å². The fourth-order valence-corrected chi connectivity index (χ4v) is 2.26. The third kappa shape index (κ3) is 3.05. The summed E-state index contributed by atoms with van der Waals surface area (Å²) in [7, 11) is 0. The van der Waals surface area contributed by atoms with Gasteiger partial charge >= 0.3 is 0 Å². The molecule has 20 heavy (non-hydrogen) atoms. The summed E-state index contributed by atoms with van der Waals surface area (Å²) in [6.45, 7) is 3.07. The topological polar surface area (TPSA) is 107 Å². The second-order valence-corrected chi connectivity index (χ2v) is 4.87. The van der Waals surface area contributed by atoms with Crippen molar-refractivity contribution < 1.29 is 14.5 Å². The van der Waals surface area contributed by atoms with E-state index in [1.807, 2.05) is 6.92 Å². The zero-order chi connectivity index (χ0) is 14.7. The SMILES string of the molecule is CC1OCCC1CNC(=O)c1cc(N)ccc1[N+](=O)[O-]. The number of hydrogen-bond acceptors (Lipinski definition) is 5. The van der Waals surface area contributed by atoms with E-state index < -0.39 is 10.8 Å². The normalized spacial score (nSPS) is 21.6.